The van der Waals surface area contributed by atoms with Gasteiger partial charge in [-0.05, 0) is 49.1 Å². The quantitative estimate of drug-likeness (QED) is 0.795. The Morgan fingerprint density at radius 2 is 1.81 bits per heavy atom. The molecule has 1 heterocycles. The van der Waals surface area contributed by atoms with Gasteiger partial charge in [-0.2, -0.15) is 4.31 Å². The maximum atomic E-state index is 12.8. The molecular weight excluding hydrogens is 364 g/mol. The summed E-state index contributed by atoms with van der Waals surface area (Å²) in [6, 6.07) is 15.6. The summed E-state index contributed by atoms with van der Waals surface area (Å²) < 4.78 is 27.0. The summed E-state index contributed by atoms with van der Waals surface area (Å²) in [5.74, 6) is -0.549. The van der Waals surface area contributed by atoms with Crippen LogP contribution < -0.4 is 5.32 Å². The smallest absolute Gasteiger partial charge is 0.243 e. The van der Waals surface area contributed by atoms with Crippen molar-refractivity contribution in [2.45, 2.75) is 24.2 Å². The second-order valence-electron chi connectivity index (χ2n) is 6.68. The predicted octanol–water partition coefficient (Wildman–Crippen LogP) is 2.26. The minimum atomic E-state index is -3.58. The van der Waals surface area contributed by atoms with Crippen LogP contribution in [0.2, 0.25) is 0 Å². The summed E-state index contributed by atoms with van der Waals surface area (Å²) in [5, 5.41) is 11.8. The van der Waals surface area contributed by atoms with Crippen molar-refractivity contribution < 1.29 is 18.3 Å². The lowest BCUT2D eigenvalue weighted by molar-refractivity contribution is -0.120. The van der Waals surface area contributed by atoms with E-state index in [-0.39, 0.29) is 29.9 Å². The highest BCUT2D eigenvalue weighted by Gasteiger charge is 2.33. The number of aliphatic hydroxyl groups excluding tert-OH is 1. The van der Waals surface area contributed by atoms with E-state index >= 15 is 0 Å². The van der Waals surface area contributed by atoms with Crippen LogP contribution in [0.4, 0.5) is 5.69 Å². The Morgan fingerprint density at radius 3 is 2.48 bits per heavy atom. The van der Waals surface area contributed by atoms with Crippen LogP contribution in [-0.4, -0.2) is 43.4 Å². The summed E-state index contributed by atoms with van der Waals surface area (Å²) in [5.41, 5.74) is 1.66. The number of carbonyl (C=O) groups is 1. The first-order chi connectivity index (χ1) is 13.0. The van der Waals surface area contributed by atoms with Crippen molar-refractivity contribution in [1.82, 2.24) is 4.31 Å². The monoisotopic (exact) mass is 388 g/mol. The molecule has 0 saturated carbocycles. The first-order valence-corrected chi connectivity index (χ1v) is 10.5. The summed E-state index contributed by atoms with van der Waals surface area (Å²) in [6.07, 6.45) is 1.89. The molecule has 2 aromatic carbocycles. The van der Waals surface area contributed by atoms with E-state index < -0.39 is 10.0 Å². The lowest BCUT2D eigenvalue weighted by Crippen LogP contribution is -2.43. The van der Waals surface area contributed by atoms with Gasteiger partial charge in [0.2, 0.25) is 15.9 Å². The summed E-state index contributed by atoms with van der Waals surface area (Å²) in [7, 11) is -3.58. The van der Waals surface area contributed by atoms with Crippen LogP contribution in [0, 0.1) is 5.92 Å². The number of anilines is 1. The molecule has 1 aliphatic rings. The average Bonchev–Trinajstić information content (AvgIpc) is 2.70. The van der Waals surface area contributed by atoms with Crippen molar-refractivity contribution in [1.29, 1.82) is 0 Å². The molecule has 1 aliphatic heterocycles. The van der Waals surface area contributed by atoms with E-state index in [4.69, 9.17) is 5.11 Å². The molecule has 1 saturated heterocycles. The SMILES string of the molecule is O=C(Nc1ccc(CCO)cc1)C1CCCN(S(=O)(=O)c2ccccc2)C1. The number of benzene rings is 2. The number of hydrogen-bond acceptors (Lipinski definition) is 4. The standard InChI is InChI=1S/C20H24N2O4S/c23-14-12-16-8-10-18(11-9-16)21-20(24)17-5-4-13-22(15-17)27(25,26)19-6-2-1-3-7-19/h1-3,6-11,17,23H,4-5,12-15H2,(H,21,24). The minimum Gasteiger partial charge on any atom is -0.396 e. The number of nitrogens with one attached hydrogen (secondary N) is 1. The number of piperidine rings is 1. The van der Waals surface area contributed by atoms with Crippen LogP contribution >= 0.6 is 0 Å². The summed E-state index contributed by atoms with van der Waals surface area (Å²) >= 11 is 0. The molecule has 1 fully saturated rings. The highest BCUT2D eigenvalue weighted by atomic mass is 32.2. The van der Waals surface area contributed by atoms with E-state index in [9.17, 15) is 13.2 Å². The van der Waals surface area contributed by atoms with Gasteiger partial charge in [0, 0.05) is 25.4 Å². The zero-order chi connectivity index (χ0) is 19.3. The fraction of sp³-hybridized carbons (Fsp3) is 0.350. The van der Waals surface area contributed by atoms with Gasteiger partial charge in [-0.1, -0.05) is 30.3 Å². The minimum absolute atomic E-state index is 0.0828. The van der Waals surface area contributed by atoms with Crippen LogP contribution in [0.1, 0.15) is 18.4 Å². The number of amides is 1. The molecule has 1 unspecified atom stereocenters. The van der Waals surface area contributed by atoms with Crippen molar-refractivity contribution >= 4 is 21.6 Å². The Morgan fingerprint density at radius 1 is 1.11 bits per heavy atom. The Labute approximate surface area is 159 Å². The summed E-state index contributed by atoms with van der Waals surface area (Å²) in [6.45, 7) is 0.696. The molecule has 6 nitrogen and oxygen atoms in total. The molecule has 144 valence electrons. The topological polar surface area (TPSA) is 86.7 Å². The maximum Gasteiger partial charge on any atom is 0.243 e. The van der Waals surface area contributed by atoms with Crippen LogP contribution in [0.15, 0.2) is 59.5 Å². The number of hydrogen-bond donors (Lipinski definition) is 2. The van der Waals surface area contributed by atoms with Gasteiger partial charge < -0.3 is 10.4 Å². The van der Waals surface area contributed by atoms with Gasteiger partial charge in [0.25, 0.3) is 0 Å². The fourth-order valence-corrected chi connectivity index (χ4v) is 4.79. The van der Waals surface area contributed by atoms with Crippen molar-refractivity contribution in [3.8, 4) is 0 Å². The zero-order valence-electron chi connectivity index (χ0n) is 15.0. The number of nitrogens with zero attached hydrogens (tertiary/aromatic N) is 1. The van der Waals surface area contributed by atoms with E-state index in [1.807, 2.05) is 12.1 Å². The highest BCUT2D eigenvalue weighted by Crippen LogP contribution is 2.24. The molecular formula is C20H24N2O4S. The Balaban J connectivity index is 1.66. The molecule has 0 bridgehead atoms. The van der Waals surface area contributed by atoms with Gasteiger partial charge in [-0.25, -0.2) is 8.42 Å². The lowest BCUT2D eigenvalue weighted by atomic mass is 9.98. The molecule has 3 rings (SSSR count). The molecule has 0 spiro atoms. The van der Waals surface area contributed by atoms with E-state index in [0.717, 1.165) is 5.56 Å². The Hall–Kier alpha value is -2.22. The molecule has 0 radical (unpaired) electrons. The first-order valence-electron chi connectivity index (χ1n) is 9.06. The van der Waals surface area contributed by atoms with Crippen molar-refractivity contribution in [3.05, 3.63) is 60.2 Å². The third-order valence-corrected chi connectivity index (χ3v) is 6.64. The number of sulfonamides is 1. The number of rotatable bonds is 6. The zero-order valence-corrected chi connectivity index (χ0v) is 15.9. The van der Waals surface area contributed by atoms with Crippen LogP contribution in [0.5, 0.6) is 0 Å². The predicted molar refractivity (Wildman–Crippen MR) is 104 cm³/mol. The molecule has 2 N–H and O–H groups in total. The van der Waals surface area contributed by atoms with E-state index in [1.165, 1.54) is 4.31 Å². The highest BCUT2D eigenvalue weighted by molar-refractivity contribution is 7.89. The van der Waals surface area contributed by atoms with Crippen LogP contribution in [0.25, 0.3) is 0 Å². The molecule has 27 heavy (non-hydrogen) atoms. The normalized spacial score (nSPS) is 18.2. The Bertz CT molecular complexity index is 867. The van der Waals surface area contributed by atoms with Gasteiger partial charge in [-0.3, -0.25) is 4.79 Å². The van der Waals surface area contributed by atoms with Gasteiger partial charge in [0.05, 0.1) is 10.8 Å². The molecule has 2 aromatic rings. The lowest BCUT2D eigenvalue weighted by Gasteiger charge is -2.31. The van der Waals surface area contributed by atoms with Crippen molar-refractivity contribution in [2.24, 2.45) is 5.92 Å². The van der Waals surface area contributed by atoms with Crippen LogP contribution in [-0.2, 0) is 21.2 Å². The van der Waals surface area contributed by atoms with E-state index in [1.54, 1.807) is 42.5 Å². The van der Waals surface area contributed by atoms with Gasteiger partial charge in [-0.15, -0.1) is 0 Å². The van der Waals surface area contributed by atoms with Crippen LogP contribution in [0.3, 0.4) is 0 Å². The maximum absolute atomic E-state index is 12.8. The third-order valence-electron chi connectivity index (χ3n) is 4.76. The second-order valence-corrected chi connectivity index (χ2v) is 8.61. The molecule has 0 aliphatic carbocycles. The largest absolute Gasteiger partial charge is 0.396 e. The fourth-order valence-electron chi connectivity index (χ4n) is 3.24. The van der Waals surface area contributed by atoms with E-state index in [2.05, 4.69) is 5.32 Å². The molecule has 7 heteroatoms. The van der Waals surface area contributed by atoms with Gasteiger partial charge in [0.15, 0.2) is 0 Å². The third kappa shape index (κ3) is 4.74. The molecule has 1 atom stereocenters. The second kappa shape index (κ2) is 8.65. The summed E-state index contributed by atoms with van der Waals surface area (Å²) in [4.78, 5) is 12.9. The van der Waals surface area contributed by atoms with Crippen molar-refractivity contribution in [2.75, 3.05) is 25.0 Å². The first kappa shape index (κ1) is 19.5. The average molecular weight is 388 g/mol. The molecule has 0 aromatic heterocycles. The van der Waals surface area contributed by atoms with Gasteiger partial charge >= 0.3 is 0 Å². The van der Waals surface area contributed by atoms with E-state index in [0.29, 0.717) is 31.5 Å². The van der Waals surface area contributed by atoms with Crippen molar-refractivity contribution in [3.63, 3.8) is 0 Å². The number of carbonyl (C=O) groups excluding carboxylic acids is 1. The number of aliphatic hydroxyl groups is 1. The van der Waals surface area contributed by atoms with Gasteiger partial charge in [0.1, 0.15) is 0 Å². The Kier molecular flexibility index (Phi) is 6.26. The molecule has 1 amide bonds.